The van der Waals surface area contributed by atoms with Gasteiger partial charge in [-0.05, 0) is 50.1 Å². The fourth-order valence-electron chi connectivity index (χ4n) is 4.73. The number of nitrogens with one attached hydrogen (secondary N) is 2. The minimum absolute atomic E-state index is 0.114. The van der Waals surface area contributed by atoms with Crippen LogP contribution in [0.15, 0.2) is 24.5 Å². The molecule has 5 heterocycles. The molecule has 8 nitrogen and oxygen atoms in total. The van der Waals surface area contributed by atoms with Crippen LogP contribution in [0.5, 0.6) is 0 Å². The topological polar surface area (TPSA) is 95.9 Å². The lowest BCUT2D eigenvalue weighted by atomic mass is 9.97. The number of alkyl halides is 1. The highest BCUT2D eigenvalue weighted by atomic mass is 32.1. The number of hydrogen-bond acceptors (Lipinski definition) is 7. The Morgan fingerprint density at radius 1 is 1.16 bits per heavy atom. The maximum Gasteiger partial charge on any atom is 0.323 e. The molecular weight excluding hydrogens is 417 g/mol. The Balaban J connectivity index is 1.31. The van der Waals surface area contributed by atoms with Crippen LogP contribution in [0.25, 0.3) is 21.5 Å². The summed E-state index contributed by atoms with van der Waals surface area (Å²) >= 11 is 1.49. The summed E-state index contributed by atoms with van der Waals surface area (Å²) in [5.41, 5.74) is 0.752. The molecule has 2 fully saturated rings. The number of carbonyl (C=O) groups excluding carboxylic acids is 1. The zero-order valence-corrected chi connectivity index (χ0v) is 18.0. The average molecular weight is 442 g/mol. The molecule has 0 unspecified atom stereocenters. The Kier molecular flexibility index (Phi) is 5.49. The van der Waals surface area contributed by atoms with Gasteiger partial charge in [0.1, 0.15) is 23.2 Å². The van der Waals surface area contributed by atoms with Gasteiger partial charge in [-0.25, -0.2) is 14.2 Å². The predicted octanol–water partition coefficient (Wildman–Crippen LogP) is 3.54. The van der Waals surface area contributed by atoms with Crippen molar-refractivity contribution >= 4 is 34.0 Å². The zero-order valence-electron chi connectivity index (χ0n) is 17.2. The van der Waals surface area contributed by atoms with Crippen molar-refractivity contribution in [1.82, 2.24) is 30.4 Å². The molecule has 10 heteroatoms. The molecule has 31 heavy (non-hydrogen) atoms. The van der Waals surface area contributed by atoms with Crippen LogP contribution >= 0.6 is 11.3 Å². The number of anilines is 1. The molecule has 0 radical (unpaired) electrons. The Labute approximate surface area is 183 Å². The number of carbonyl (C=O) groups is 1. The molecule has 2 aliphatic rings. The summed E-state index contributed by atoms with van der Waals surface area (Å²) in [6.07, 6.45) is 7.20. The molecule has 5 rings (SSSR count). The van der Waals surface area contributed by atoms with Crippen LogP contribution in [-0.4, -0.2) is 62.4 Å². The molecule has 2 amide bonds. The van der Waals surface area contributed by atoms with E-state index in [1.165, 1.54) is 11.3 Å². The van der Waals surface area contributed by atoms with Crippen LogP contribution < -0.4 is 10.6 Å². The molecule has 2 saturated heterocycles. The fourth-order valence-corrected chi connectivity index (χ4v) is 5.39. The number of nitrogens with zero attached hydrogens (tertiary/aromatic N) is 5. The molecule has 2 N–H and O–H groups in total. The van der Waals surface area contributed by atoms with Crippen molar-refractivity contribution in [2.45, 2.75) is 50.7 Å². The number of amides is 2. The van der Waals surface area contributed by atoms with Gasteiger partial charge < -0.3 is 10.2 Å². The third-order valence-electron chi connectivity index (χ3n) is 6.08. The average Bonchev–Trinajstić information content (AvgIpc) is 3.32. The van der Waals surface area contributed by atoms with Gasteiger partial charge in [0.25, 0.3) is 0 Å². The number of aryl methyl sites for hydroxylation is 1. The van der Waals surface area contributed by atoms with Gasteiger partial charge >= 0.3 is 6.03 Å². The van der Waals surface area contributed by atoms with Gasteiger partial charge in [-0.1, -0.05) is 11.3 Å². The second kappa shape index (κ2) is 8.43. The fraction of sp³-hybridized carbons (Fsp3) is 0.476. The van der Waals surface area contributed by atoms with Crippen molar-refractivity contribution in [3.8, 4) is 10.7 Å². The van der Waals surface area contributed by atoms with E-state index in [9.17, 15) is 9.18 Å². The normalized spacial score (nSPS) is 22.8. The van der Waals surface area contributed by atoms with E-state index in [2.05, 4.69) is 30.8 Å². The van der Waals surface area contributed by atoms with Gasteiger partial charge in [0.05, 0.1) is 0 Å². The van der Waals surface area contributed by atoms with E-state index < -0.39 is 0 Å². The monoisotopic (exact) mass is 441 g/mol. The SMILES string of the molecule is Cc1nnc(-c2cc3cc(NC(=O)N4[C@@H]5CC[C@H]4C[C@@H](NCCF)C5)ncc3cn2)s1. The lowest BCUT2D eigenvalue weighted by Gasteiger charge is -2.39. The smallest absolute Gasteiger partial charge is 0.318 e. The first-order chi connectivity index (χ1) is 15.1. The molecule has 3 aromatic rings. The maximum absolute atomic E-state index is 13.0. The van der Waals surface area contributed by atoms with Crippen molar-refractivity contribution in [2.75, 3.05) is 18.5 Å². The summed E-state index contributed by atoms with van der Waals surface area (Å²) in [5, 5.41) is 17.9. The van der Waals surface area contributed by atoms with Crippen molar-refractivity contribution in [2.24, 2.45) is 0 Å². The summed E-state index contributed by atoms with van der Waals surface area (Å²) in [7, 11) is 0. The Hall–Kier alpha value is -2.72. The van der Waals surface area contributed by atoms with Gasteiger partial charge in [0.2, 0.25) is 0 Å². The molecule has 0 aliphatic carbocycles. The number of urea groups is 1. The summed E-state index contributed by atoms with van der Waals surface area (Å²) in [5.74, 6) is 0.514. The van der Waals surface area contributed by atoms with Crippen LogP contribution in [0.1, 0.15) is 30.7 Å². The van der Waals surface area contributed by atoms with Crippen LogP contribution in [0.4, 0.5) is 15.0 Å². The van der Waals surface area contributed by atoms with Crippen LogP contribution in [0, 0.1) is 6.92 Å². The first kappa shape index (κ1) is 20.2. The Bertz CT molecular complexity index is 1090. The highest BCUT2D eigenvalue weighted by Gasteiger charge is 2.43. The summed E-state index contributed by atoms with van der Waals surface area (Å²) in [6, 6.07) is 4.35. The third kappa shape index (κ3) is 4.09. The van der Waals surface area contributed by atoms with Crippen LogP contribution in [0.2, 0.25) is 0 Å². The first-order valence-corrected chi connectivity index (χ1v) is 11.4. The van der Waals surface area contributed by atoms with E-state index in [-0.39, 0.29) is 30.8 Å². The highest BCUT2D eigenvalue weighted by molar-refractivity contribution is 7.14. The molecule has 0 aromatic carbocycles. The quantitative estimate of drug-likeness (QED) is 0.629. The molecule has 0 saturated carbocycles. The maximum atomic E-state index is 13.0. The number of hydrogen-bond donors (Lipinski definition) is 2. The number of fused-ring (bicyclic) bond motifs is 3. The van der Waals surface area contributed by atoms with Crippen molar-refractivity contribution < 1.29 is 9.18 Å². The molecule has 0 spiro atoms. The molecule has 2 bridgehead atoms. The largest absolute Gasteiger partial charge is 0.323 e. The first-order valence-electron chi connectivity index (χ1n) is 10.6. The number of aromatic nitrogens is 4. The standard InChI is InChI=1S/C21H24FN7OS/c1-12-27-28-20(31-12)18-6-13-7-19(25-11-14(13)10-24-18)26-21(30)29-16-2-3-17(29)9-15(8-16)23-5-4-22/h6-7,10-11,15-17,23H,2-5,8-9H2,1H3,(H,25,26,30)/t15-,16+,17-. The van der Waals surface area contributed by atoms with Gasteiger partial charge in [0.15, 0.2) is 5.01 Å². The summed E-state index contributed by atoms with van der Waals surface area (Å²) < 4.78 is 12.5. The Morgan fingerprint density at radius 2 is 1.94 bits per heavy atom. The number of rotatable bonds is 5. The summed E-state index contributed by atoms with van der Waals surface area (Å²) in [6.45, 7) is 1.93. The summed E-state index contributed by atoms with van der Waals surface area (Å²) in [4.78, 5) is 23.9. The molecular formula is C21H24FN7OS. The van der Waals surface area contributed by atoms with Gasteiger partial charge in [-0.15, -0.1) is 10.2 Å². The second-order valence-electron chi connectivity index (χ2n) is 8.15. The highest BCUT2D eigenvalue weighted by Crippen LogP contribution is 2.36. The second-order valence-corrected chi connectivity index (χ2v) is 9.33. The number of piperidine rings is 1. The van der Waals surface area contributed by atoms with E-state index in [4.69, 9.17) is 0 Å². The van der Waals surface area contributed by atoms with Crippen molar-refractivity contribution in [1.29, 1.82) is 0 Å². The number of halogens is 1. The van der Waals surface area contributed by atoms with E-state index in [0.29, 0.717) is 12.4 Å². The number of pyridine rings is 2. The van der Waals surface area contributed by atoms with Gasteiger partial charge in [-0.3, -0.25) is 10.3 Å². The zero-order chi connectivity index (χ0) is 21.4. The van der Waals surface area contributed by atoms with E-state index in [1.807, 2.05) is 24.0 Å². The van der Waals surface area contributed by atoms with E-state index in [0.717, 1.165) is 52.2 Å². The van der Waals surface area contributed by atoms with E-state index in [1.54, 1.807) is 12.4 Å². The molecule has 3 aromatic heterocycles. The van der Waals surface area contributed by atoms with Crippen molar-refractivity contribution in [3.63, 3.8) is 0 Å². The predicted molar refractivity (Wildman–Crippen MR) is 118 cm³/mol. The lowest BCUT2D eigenvalue weighted by molar-refractivity contribution is 0.141. The Morgan fingerprint density at radius 3 is 2.65 bits per heavy atom. The van der Waals surface area contributed by atoms with Gasteiger partial charge in [-0.2, -0.15) is 0 Å². The minimum Gasteiger partial charge on any atom is -0.318 e. The molecule has 3 atom stereocenters. The third-order valence-corrected chi connectivity index (χ3v) is 6.94. The van der Waals surface area contributed by atoms with Crippen LogP contribution in [0.3, 0.4) is 0 Å². The van der Waals surface area contributed by atoms with Gasteiger partial charge in [0, 0.05) is 42.5 Å². The van der Waals surface area contributed by atoms with Crippen molar-refractivity contribution in [3.05, 3.63) is 29.5 Å². The minimum atomic E-state index is -0.362. The molecule has 2 aliphatic heterocycles. The molecule has 162 valence electrons. The lowest BCUT2D eigenvalue weighted by Crippen LogP contribution is -2.53. The van der Waals surface area contributed by atoms with E-state index >= 15 is 0 Å². The van der Waals surface area contributed by atoms with Crippen LogP contribution in [-0.2, 0) is 0 Å².